The van der Waals surface area contributed by atoms with E-state index in [-0.39, 0.29) is 11.8 Å². The van der Waals surface area contributed by atoms with Crippen LogP contribution in [0.5, 0.6) is 11.8 Å². The van der Waals surface area contributed by atoms with Crippen LogP contribution in [-0.4, -0.2) is 16.3 Å². The number of hydrogen-bond donors (Lipinski definition) is 0. The van der Waals surface area contributed by atoms with Gasteiger partial charge in [0.25, 0.3) is 0 Å². The van der Waals surface area contributed by atoms with Crippen molar-refractivity contribution in [3.05, 3.63) is 47.3 Å². The lowest BCUT2D eigenvalue weighted by molar-refractivity contribution is -0.141. The number of halogens is 6. The van der Waals surface area contributed by atoms with E-state index < -0.39 is 35.4 Å². The Bertz CT molecular complexity index is 727. The van der Waals surface area contributed by atoms with Gasteiger partial charge in [-0.25, -0.2) is 4.98 Å². The summed E-state index contributed by atoms with van der Waals surface area (Å²) in [6.07, 6.45) is -8.62. The molecule has 0 spiro atoms. The van der Waals surface area contributed by atoms with Crippen molar-refractivity contribution in [2.75, 3.05) is 0 Å². The number of rotatable bonds is 3. The topological polar surface area (TPSA) is 52.1 Å². The third-order valence-corrected chi connectivity index (χ3v) is 2.53. The molecule has 0 unspecified atom stereocenters. The Kier molecular flexibility index (Phi) is 4.26. The van der Waals surface area contributed by atoms with Crippen LogP contribution in [-0.2, 0) is 12.4 Å². The summed E-state index contributed by atoms with van der Waals surface area (Å²) in [4.78, 5) is 17.1. The van der Waals surface area contributed by atoms with E-state index in [0.29, 0.717) is 18.2 Å². The number of hydrogen-bond acceptors (Lipinski definition) is 4. The minimum Gasteiger partial charge on any atom is -0.424 e. The van der Waals surface area contributed by atoms with Crippen molar-refractivity contribution >= 4 is 6.29 Å². The lowest BCUT2D eigenvalue weighted by Crippen LogP contribution is -2.09. The maximum absolute atomic E-state index is 12.7. The second-order valence-corrected chi connectivity index (χ2v) is 4.23. The molecular weight excluding hydrogens is 330 g/mol. The Morgan fingerprint density at radius 2 is 1.70 bits per heavy atom. The number of carbonyl (C=O) groups is 1. The molecule has 1 aromatic carbocycles. The van der Waals surface area contributed by atoms with Crippen LogP contribution in [0.15, 0.2) is 30.5 Å². The third-order valence-electron chi connectivity index (χ3n) is 2.53. The first-order valence-corrected chi connectivity index (χ1v) is 5.85. The van der Waals surface area contributed by atoms with Crippen LogP contribution in [0.3, 0.4) is 0 Å². The minimum absolute atomic E-state index is 0.148. The second-order valence-electron chi connectivity index (χ2n) is 4.23. The fourth-order valence-corrected chi connectivity index (χ4v) is 1.57. The van der Waals surface area contributed by atoms with Crippen molar-refractivity contribution in [2.45, 2.75) is 12.4 Å². The van der Waals surface area contributed by atoms with Gasteiger partial charge in [-0.15, -0.1) is 0 Å². The molecule has 2 rings (SSSR count). The van der Waals surface area contributed by atoms with E-state index >= 15 is 0 Å². The van der Waals surface area contributed by atoms with Crippen LogP contribution in [0, 0.1) is 0 Å². The molecule has 0 amide bonds. The van der Waals surface area contributed by atoms with Gasteiger partial charge in [0.2, 0.25) is 0 Å². The Balaban J connectivity index is 2.39. The molecule has 0 saturated carbocycles. The fraction of sp³-hybridized carbons (Fsp3) is 0.154. The van der Waals surface area contributed by atoms with Gasteiger partial charge in [-0.05, 0) is 24.3 Å². The predicted octanol–water partition coefficient (Wildman–Crippen LogP) is 4.12. The summed E-state index contributed by atoms with van der Waals surface area (Å²) in [5.41, 5.74) is -2.86. The van der Waals surface area contributed by atoms with Gasteiger partial charge in [0.15, 0.2) is 5.69 Å². The number of aromatic nitrogens is 2. The van der Waals surface area contributed by atoms with E-state index in [0.717, 1.165) is 12.3 Å². The Labute approximate surface area is 124 Å². The van der Waals surface area contributed by atoms with Crippen LogP contribution in [0.1, 0.15) is 21.6 Å². The molecule has 10 heteroatoms. The Hall–Kier alpha value is -2.65. The smallest absolute Gasteiger partial charge is 0.424 e. The number of benzene rings is 1. The van der Waals surface area contributed by atoms with Gasteiger partial charge in [-0.2, -0.15) is 31.3 Å². The average molecular weight is 336 g/mol. The summed E-state index contributed by atoms with van der Waals surface area (Å²) >= 11 is 0. The minimum atomic E-state index is -4.76. The molecule has 4 nitrogen and oxygen atoms in total. The van der Waals surface area contributed by atoms with E-state index in [1.165, 1.54) is 0 Å². The molecule has 122 valence electrons. The number of aldehydes is 1. The fourth-order valence-electron chi connectivity index (χ4n) is 1.57. The highest BCUT2D eigenvalue weighted by atomic mass is 19.4. The van der Waals surface area contributed by atoms with Gasteiger partial charge in [-0.3, -0.25) is 4.79 Å². The van der Waals surface area contributed by atoms with Crippen molar-refractivity contribution in [3.63, 3.8) is 0 Å². The van der Waals surface area contributed by atoms with E-state index in [2.05, 4.69) is 9.97 Å². The average Bonchev–Trinajstić information content (AvgIpc) is 2.45. The zero-order valence-electron chi connectivity index (χ0n) is 10.9. The summed E-state index contributed by atoms with van der Waals surface area (Å²) in [6, 6.07) is 1.81. The van der Waals surface area contributed by atoms with E-state index in [4.69, 9.17) is 4.74 Å². The van der Waals surface area contributed by atoms with Gasteiger partial charge >= 0.3 is 18.4 Å². The molecule has 0 aliphatic rings. The molecule has 0 atom stereocenters. The standard InChI is InChI=1S/C13H6F6N2O2/c14-12(15,16)8-3-7(6-22)4-9(5-8)23-11-20-2-1-10(21-11)13(17,18)19/h1-6H. The van der Waals surface area contributed by atoms with Crippen molar-refractivity contribution in [1.82, 2.24) is 9.97 Å². The number of alkyl halides is 6. The van der Waals surface area contributed by atoms with Gasteiger partial charge in [-0.1, -0.05) is 0 Å². The van der Waals surface area contributed by atoms with Gasteiger partial charge in [0.1, 0.15) is 12.0 Å². The first-order chi connectivity index (χ1) is 10.6. The van der Waals surface area contributed by atoms with E-state index in [9.17, 15) is 31.1 Å². The molecule has 0 N–H and O–H groups in total. The summed E-state index contributed by atoms with van der Waals surface area (Å²) < 4.78 is 80.4. The molecule has 0 saturated heterocycles. The van der Waals surface area contributed by atoms with Gasteiger partial charge < -0.3 is 4.74 Å². The van der Waals surface area contributed by atoms with Gasteiger partial charge in [0, 0.05) is 11.8 Å². The Morgan fingerprint density at radius 3 is 2.26 bits per heavy atom. The van der Waals surface area contributed by atoms with Crippen LogP contribution in [0.4, 0.5) is 26.3 Å². The third kappa shape index (κ3) is 4.18. The monoisotopic (exact) mass is 336 g/mol. The zero-order valence-corrected chi connectivity index (χ0v) is 10.9. The summed E-state index contributed by atoms with van der Waals surface area (Å²) in [6.45, 7) is 0. The maximum atomic E-state index is 12.7. The zero-order chi connectivity index (χ0) is 17.3. The molecule has 0 bridgehead atoms. The highest BCUT2D eigenvalue weighted by Gasteiger charge is 2.33. The van der Waals surface area contributed by atoms with E-state index in [1.807, 2.05) is 0 Å². The molecule has 1 heterocycles. The second kappa shape index (κ2) is 5.86. The van der Waals surface area contributed by atoms with Crippen molar-refractivity contribution in [3.8, 4) is 11.8 Å². The summed E-state index contributed by atoms with van der Waals surface area (Å²) in [7, 11) is 0. The van der Waals surface area contributed by atoms with Crippen molar-refractivity contribution < 1.29 is 35.9 Å². The van der Waals surface area contributed by atoms with Crippen molar-refractivity contribution in [2.24, 2.45) is 0 Å². The predicted molar refractivity (Wildman–Crippen MR) is 63.9 cm³/mol. The lowest BCUT2D eigenvalue weighted by Gasteiger charge is -2.11. The molecule has 1 aromatic heterocycles. The molecule has 2 aromatic rings. The first-order valence-electron chi connectivity index (χ1n) is 5.85. The van der Waals surface area contributed by atoms with Crippen LogP contribution in [0.25, 0.3) is 0 Å². The molecule has 23 heavy (non-hydrogen) atoms. The quantitative estimate of drug-likeness (QED) is 0.625. The molecule has 0 radical (unpaired) electrons. The molecule has 0 aliphatic heterocycles. The molecular formula is C13H6F6N2O2. The molecule has 0 aliphatic carbocycles. The number of carbonyl (C=O) groups excluding carboxylic acids is 1. The van der Waals surface area contributed by atoms with Crippen LogP contribution < -0.4 is 4.74 Å². The SMILES string of the molecule is O=Cc1cc(Oc2nccc(C(F)(F)F)n2)cc(C(F)(F)F)c1. The molecule has 0 fully saturated rings. The highest BCUT2D eigenvalue weighted by Crippen LogP contribution is 2.34. The first kappa shape index (κ1) is 16.7. The van der Waals surface area contributed by atoms with E-state index in [1.54, 1.807) is 0 Å². The summed E-state index contributed by atoms with van der Waals surface area (Å²) in [5.74, 6) is -0.513. The highest BCUT2D eigenvalue weighted by molar-refractivity contribution is 5.76. The Morgan fingerprint density at radius 1 is 1.00 bits per heavy atom. The number of nitrogens with zero attached hydrogens (tertiary/aromatic N) is 2. The number of ether oxygens (including phenoxy) is 1. The van der Waals surface area contributed by atoms with Crippen LogP contribution in [0.2, 0.25) is 0 Å². The normalized spacial score (nSPS) is 12.1. The summed E-state index contributed by atoms with van der Waals surface area (Å²) in [5, 5.41) is 0. The van der Waals surface area contributed by atoms with Crippen molar-refractivity contribution in [1.29, 1.82) is 0 Å². The van der Waals surface area contributed by atoms with Gasteiger partial charge in [0.05, 0.1) is 5.56 Å². The largest absolute Gasteiger partial charge is 0.433 e. The lowest BCUT2D eigenvalue weighted by atomic mass is 10.1. The maximum Gasteiger partial charge on any atom is 0.433 e. The van der Waals surface area contributed by atoms with Crippen LogP contribution >= 0.6 is 0 Å².